The monoisotopic (exact) mass is 423 g/mol. The summed E-state index contributed by atoms with van der Waals surface area (Å²) in [5.41, 5.74) is 5.57. The largest absolute Gasteiger partial charge is 0.435 e. The van der Waals surface area contributed by atoms with Gasteiger partial charge >= 0.3 is 6.18 Å². The van der Waals surface area contributed by atoms with Gasteiger partial charge in [-0.05, 0) is 48.0 Å². The van der Waals surface area contributed by atoms with Crippen molar-refractivity contribution in [2.45, 2.75) is 12.7 Å². The van der Waals surface area contributed by atoms with Crippen LogP contribution in [0.4, 0.5) is 24.7 Å². The molecule has 3 aromatic heterocycles. The molecule has 0 atom stereocenters. The standard InChI is InChI=1S/C22H16F3N5O/c23-22(24,25)20-18(4-2-10-28-20)30(21(31)16-3-1-9-27-12-16)13-14-5-6-15-7-8-19(26)29-17(15)11-14/h1-12H,13H2,(H2,26,29). The van der Waals surface area contributed by atoms with Crippen LogP contribution in [-0.2, 0) is 12.7 Å². The van der Waals surface area contributed by atoms with E-state index >= 15 is 0 Å². The highest BCUT2D eigenvalue weighted by molar-refractivity contribution is 6.06. The molecule has 0 fully saturated rings. The first-order chi connectivity index (χ1) is 14.8. The lowest BCUT2D eigenvalue weighted by Crippen LogP contribution is -2.32. The van der Waals surface area contributed by atoms with Crippen LogP contribution in [-0.4, -0.2) is 20.9 Å². The third-order valence-corrected chi connectivity index (χ3v) is 4.62. The molecule has 0 radical (unpaired) electrons. The third kappa shape index (κ3) is 4.30. The van der Waals surface area contributed by atoms with Crippen molar-refractivity contribution in [2.24, 2.45) is 0 Å². The molecule has 0 saturated heterocycles. The Hall–Kier alpha value is -4.01. The fraction of sp³-hybridized carbons (Fsp3) is 0.0909. The summed E-state index contributed by atoms with van der Waals surface area (Å²) >= 11 is 0. The molecular weight excluding hydrogens is 407 g/mol. The molecule has 1 aromatic carbocycles. The molecule has 9 heteroatoms. The molecule has 0 aliphatic carbocycles. The van der Waals surface area contributed by atoms with Gasteiger partial charge in [-0.3, -0.25) is 9.78 Å². The minimum atomic E-state index is -4.73. The molecule has 4 rings (SSSR count). The maximum atomic E-state index is 13.6. The number of nitrogens with two attached hydrogens (primary N) is 1. The summed E-state index contributed by atoms with van der Waals surface area (Å²) in [4.78, 5) is 25.9. The van der Waals surface area contributed by atoms with Crippen molar-refractivity contribution >= 4 is 28.3 Å². The van der Waals surface area contributed by atoms with E-state index in [1.54, 1.807) is 36.4 Å². The number of carbonyl (C=O) groups is 1. The number of hydrogen-bond acceptors (Lipinski definition) is 5. The minimum absolute atomic E-state index is 0.130. The number of benzene rings is 1. The van der Waals surface area contributed by atoms with Crippen LogP contribution >= 0.6 is 0 Å². The Kier molecular flexibility index (Phi) is 5.24. The van der Waals surface area contributed by atoms with Crippen molar-refractivity contribution < 1.29 is 18.0 Å². The molecule has 6 nitrogen and oxygen atoms in total. The van der Waals surface area contributed by atoms with Crippen LogP contribution in [0.5, 0.6) is 0 Å². The van der Waals surface area contributed by atoms with E-state index in [1.165, 1.54) is 30.6 Å². The molecule has 156 valence electrons. The van der Waals surface area contributed by atoms with Crippen LogP contribution in [0.3, 0.4) is 0 Å². The number of hydrogen-bond donors (Lipinski definition) is 1. The first-order valence-electron chi connectivity index (χ1n) is 9.22. The van der Waals surface area contributed by atoms with Crippen LogP contribution in [0.25, 0.3) is 10.9 Å². The predicted octanol–water partition coefficient (Wildman–Crippen LogP) is 4.47. The van der Waals surface area contributed by atoms with E-state index in [1.807, 2.05) is 0 Å². The van der Waals surface area contributed by atoms with Gasteiger partial charge in [0.25, 0.3) is 5.91 Å². The van der Waals surface area contributed by atoms with Crippen LogP contribution in [0, 0.1) is 0 Å². The molecule has 0 saturated carbocycles. The maximum Gasteiger partial charge on any atom is 0.435 e. The summed E-state index contributed by atoms with van der Waals surface area (Å²) in [6.07, 6.45) is -0.904. The molecule has 2 N–H and O–H groups in total. The molecule has 4 aromatic rings. The average Bonchev–Trinajstić information content (AvgIpc) is 2.77. The molecule has 0 spiro atoms. The summed E-state index contributed by atoms with van der Waals surface area (Å²) in [5, 5.41) is 0.820. The average molecular weight is 423 g/mol. The van der Waals surface area contributed by atoms with E-state index in [0.717, 1.165) is 16.5 Å². The van der Waals surface area contributed by atoms with Gasteiger partial charge in [-0.25, -0.2) is 9.97 Å². The number of pyridine rings is 3. The number of carbonyl (C=O) groups excluding carboxylic acids is 1. The Labute approximate surface area is 175 Å². The Bertz CT molecular complexity index is 1240. The second-order valence-corrected chi connectivity index (χ2v) is 6.77. The zero-order chi connectivity index (χ0) is 22.0. The third-order valence-electron chi connectivity index (χ3n) is 4.62. The van der Waals surface area contributed by atoms with Crippen molar-refractivity contribution in [2.75, 3.05) is 10.6 Å². The van der Waals surface area contributed by atoms with Gasteiger partial charge < -0.3 is 10.6 Å². The lowest BCUT2D eigenvalue weighted by atomic mass is 10.1. The zero-order valence-corrected chi connectivity index (χ0v) is 16.0. The lowest BCUT2D eigenvalue weighted by Gasteiger charge is -2.25. The van der Waals surface area contributed by atoms with Crippen molar-refractivity contribution in [3.05, 3.63) is 90.0 Å². The van der Waals surface area contributed by atoms with Gasteiger partial charge in [0.05, 0.1) is 23.3 Å². The van der Waals surface area contributed by atoms with Crippen LogP contribution in [0.2, 0.25) is 0 Å². The second kappa shape index (κ2) is 8.02. The molecule has 3 heterocycles. The normalized spacial score (nSPS) is 11.5. The van der Waals surface area contributed by atoms with Crippen molar-refractivity contribution in [1.29, 1.82) is 0 Å². The van der Waals surface area contributed by atoms with Crippen LogP contribution in [0.1, 0.15) is 21.6 Å². The van der Waals surface area contributed by atoms with Gasteiger partial charge in [0.15, 0.2) is 5.69 Å². The van der Waals surface area contributed by atoms with Crippen molar-refractivity contribution in [1.82, 2.24) is 15.0 Å². The molecule has 0 unspecified atom stereocenters. The summed E-state index contributed by atoms with van der Waals surface area (Å²) in [6.45, 7) is -0.130. The lowest BCUT2D eigenvalue weighted by molar-refractivity contribution is -0.140. The molecule has 31 heavy (non-hydrogen) atoms. The van der Waals surface area contributed by atoms with Gasteiger partial charge in [-0.15, -0.1) is 0 Å². The Balaban J connectivity index is 1.81. The van der Waals surface area contributed by atoms with Gasteiger partial charge in [-0.2, -0.15) is 13.2 Å². The summed E-state index contributed by atoms with van der Waals surface area (Å²) in [7, 11) is 0. The highest BCUT2D eigenvalue weighted by atomic mass is 19.4. The SMILES string of the molecule is Nc1ccc2ccc(CN(C(=O)c3cccnc3)c3cccnc3C(F)(F)F)cc2n1. The van der Waals surface area contributed by atoms with E-state index in [-0.39, 0.29) is 17.8 Å². The highest BCUT2D eigenvalue weighted by Crippen LogP contribution is 2.36. The summed E-state index contributed by atoms with van der Waals surface area (Å²) in [5.74, 6) is -0.313. The smallest absolute Gasteiger partial charge is 0.384 e. The second-order valence-electron chi connectivity index (χ2n) is 6.77. The Morgan fingerprint density at radius 2 is 1.81 bits per heavy atom. The van der Waals surface area contributed by atoms with E-state index in [9.17, 15) is 18.0 Å². The summed E-state index contributed by atoms with van der Waals surface area (Å²) in [6, 6.07) is 14.3. The topological polar surface area (TPSA) is 85.0 Å². The number of aromatic nitrogens is 3. The Morgan fingerprint density at radius 1 is 1.03 bits per heavy atom. The molecule has 0 aliphatic heterocycles. The minimum Gasteiger partial charge on any atom is -0.384 e. The number of rotatable bonds is 4. The van der Waals surface area contributed by atoms with Gasteiger partial charge in [0.2, 0.25) is 0 Å². The zero-order valence-electron chi connectivity index (χ0n) is 16.0. The van der Waals surface area contributed by atoms with E-state index in [4.69, 9.17) is 5.73 Å². The molecular formula is C22H16F3N5O. The predicted molar refractivity (Wildman–Crippen MR) is 110 cm³/mol. The highest BCUT2D eigenvalue weighted by Gasteiger charge is 2.38. The van der Waals surface area contributed by atoms with Gasteiger partial charge in [-0.1, -0.05) is 12.1 Å². The fourth-order valence-corrected chi connectivity index (χ4v) is 3.20. The number of fused-ring (bicyclic) bond motifs is 1. The number of nitrogens with zero attached hydrogens (tertiary/aromatic N) is 4. The number of alkyl halides is 3. The van der Waals surface area contributed by atoms with Crippen LogP contribution < -0.4 is 10.6 Å². The number of halogens is 3. The number of amides is 1. The molecule has 0 aliphatic rings. The first kappa shape index (κ1) is 20.3. The van der Waals surface area contributed by atoms with Gasteiger partial charge in [0.1, 0.15) is 5.82 Å². The van der Waals surface area contributed by atoms with E-state index in [2.05, 4.69) is 15.0 Å². The molecule has 1 amide bonds. The van der Waals surface area contributed by atoms with Crippen LogP contribution in [0.15, 0.2) is 73.2 Å². The molecule has 0 bridgehead atoms. The number of anilines is 2. The quantitative estimate of drug-likeness (QED) is 0.523. The Morgan fingerprint density at radius 3 is 2.55 bits per heavy atom. The van der Waals surface area contributed by atoms with E-state index < -0.39 is 17.8 Å². The van der Waals surface area contributed by atoms with Gasteiger partial charge in [0, 0.05) is 24.0 Å². The first-order valence-corrected chi connectivity index (χ1v) is 9.22. The van der Waals surface area contributed by atoms with E-state index in [0.29, 0.717) is 16.9 Å². The van der Waals surface area contributed by atoms with Crippen molar-refractivity contribution in [3.8, 4) is 0 Å². The maximum absolute atomic E-state index is 13.6. The summed E-state index contributed by atoms with van der Waals surface area (Å²) < 4.78 is 40.9. The fourth-order valence-electron chi connectivity index (χ4n) is 3.20. The number of nitrogen functional groups attached to an aromatic ring is 1. The van der Waals surface area contributed by atoms with Crippen molar-refractivity contribution in [3.63, 3.8) is 0 Å².